The van der Waals surface area contributed by atoms with Gasteiger partial charge in [0.05, 0.1) is 5.69 Å². The van der Waals surface area contributed by atoms with Gasteiger partial charge in [-0.25, -0.2) is 0 Å². The second kappa shape index (κ2) is 11.7. The Balaban J connectivity index is 1.33. The van der Waals surface area contributed by atoms with E-state index in [0.717, 1.165) is 16.8 Å². The van der Waals surface area contributed by atoms with E-state index < -0.39 is 11.9 Å². The molecule has 5 rings (SSSR count). The first-order valence-corrected chi connectivity index (χ1v) is 12.6. The van der Waals surface area contributed by atoms with Crippen molar-refractivity contribution in [2.24, 2.45) is 0 Å². The molecule has 3 amide bonds. The monoisotopic (exact) mass is 541 g/mol. The molecule has 0 unspecified atom stereocenters. The van der Waals surface area contributed by atoms with Crippen molar-refractivity contribution in [2.75, 3.05) is 10.6 Å². The SMILES string of the molecule is O=C(C=Cc1cc(Cl)ccc1-n1cnnn1)N[C@@H](Cc1ccccc1)C(=O)Nc1ccc2c(c1)CCC(=O)N2. The van der Waals surface area contributed by atoms with Crippen LogP contribution in [-0.4, -0.2) is 44.0 Å². The van der Waals surface area contributed by atoms with Gasteiger partial charge in [-0.1, -0.05) is 41.9 Å². The first kappa shape index (κ1) is 25.8. The number of amides is 3. The number of fused-ring (bicyclic) bond motifs is 1. The van der Waals surface area contributed by atoms with Crippen molar-refractivity contribution in [2.45, 2.75) is 25.3 Å². The standard InChI is InChI=1S/C28H24ClN7O3/c29-21-8-11-25(36-17-30-34-35-36)20(15-21)7-13-27(38)33-24(14-18-4-2-1-3-5-18)28(39)31-22-9-10-23-19(16-22)6-12-26(37)32-23/h1-5,7-11,13,15-17,24H,6,12,14H2,(H,31,39)(H,32,37)(H,33,38)/t24-/m0/s1. The molecule has 0 fully saturated rings. The topological polar surface area (TPSA) is 131 Å². The molecule has 1 aliphatic rings. The highest BCUT2D eigenvalue weighted by Gasteiger charge is 2.22. The highest BCUT2D eigenvalue weighted by Crippen LogP contribution is 2.26. The maximum atomic E-state index is 13.3. The molecule has 4 aromatic rings. The van der Waals surface area contributed by atoms with Crippen molar-refractivity contribution >= 4 is 46.8 Å². The van der Waals surface area contributed by atoms with Crippen LogP contribution in [0.5, 0.6) is 0 Å². The molecule has 1 aliphatic heterocycles. The molecule has 0 radical (unpaired) electrons. The molecule has 0 saturated heterocycles. The summed E-state index contributed by atoms with van der Waals surface area (Å²) in [6.07, 6.45) is 5.65. The Kier molecular flexibility index (Phi) is 7.74. The van der Waals surface area contributed by atoms with Crippen LogP contribution >= 0.6 is 11.6 Å². The van der Waals surface area contributed by atoms with Crippen LogP contribution in [0.3, 0.4) is 0 Å². The number of aryl methyl sites for hydroxylation is 1. The zero-order chi connectivity index (χ0) is 27.2. The van der Waals surface area contributed by atoms with E-state index >= 15 is 0 Å². The summed E-state index contributed by atoms with van der Waals surface area (Å²) in [4.78, 5) is 38.0. The van der Waals surface area contributed by atoms with E-state index in [-0.39, 0.29) is 11.8 Å². The van der Waals surface area contributed by atoms with Crippen molar-refractivity contribution in [1.29, 1.82) is 0 Å². The van der Waals surface area contributed by atoms with Gasteiger partial charge in [0.1, 0.15) is 12.4 Å². The third-order valence-corrected chi connectivity index (χ3v) is 6.42. The summed E-state index contributed by atoms with van der Waals surface area (Å²) in [5, 5.41) is 20.2. The number of hydrogen-bond donors (Lipinski definition) is 3. The van der Waals surface area contributed by atoms with E-state index in [9.17, 15) is 14.4 Å². The minimum absolute atomic E-state index is 0.0270. The molecule has 0 spiro atoms. The number of halogens is 1. The van der Waals surface area contributed by atoms with E-state index in [2.05, 4.69) is 31.5 Å². The molecule has 39 heavy (non-hydrogen) atoms. The number of carbonyl (C=O) groups is 3. The number of nitrogens with one attached hydrogen (secondary N) is 3. The third kappa shape index (κ3) is 6.55. The average molecular weight is 542 g/mol. The van der Waals surface area contributed by atoms with Crippen LogP contribution in [0, 0.1) is 0 Å². The van der Waals surface area contributed by atoms with Crippen molar-refractivity contribution in [3.63, 3.8) is 0 Å². The van der Waals surface area contributed by atoms with Gasteiger partial charge >= 0.3 is 0 Å². The molecular weight excluding hydrogens is 518 g/mol. The third-order valence-electron chi connectivity index (χ3n) is 6.18. The van der Waals surface area contributed by atoms with Crippen LogP contribution in [0.15, 0.2) is 79.1 Å². The number of rotatable bonds is 8. The minimum atomic E-state index is -0.848. The van der Waals surface area contributed by atoms with Gasteiger partial charge in [-0.05, 0) is 70.4 Å². The van der Waals surface area contributed by atoms with E-state index in [0.29, 0.717) is 41.2 Å². The fourth-order valence-corrected chi connectivity index (χ4v) is 4.45. The molecule has 0 bridgehead atoms. The predicted molar refractivity (Wildman–Crippen MR) is 147 cm³/mol. The van der Waals surface area contributed by atoms with Crippen molar-refractivity contribution < 1.29 is 14.4 Å². The fraction of sp³-hybridized carbons (Fsp3) is 0.143. The molecule has 0 saturated carbocycles. The van der Waals surface area contributed by atoms with Crippen molar-refractivity contribution in [3.05, 3.63) is 101 Å². The van der Waals surface area contributed by atoms with E-state index in [1.54, 1.807) is 36.4 Å². The Morgan fingerprint density at radius 1 is 1.08 bits per heavy atom. The van der Waals surface area contributed by atoms with E-state index in [4.69, 9.17) is 11.6 Å². The number of tetrazole rings is 1. The second-order valence-electron chi connectivity index (χ2n) is 8.95. The van der Waals surface area contributed by atoms with Gasteiger partial charge in [-0.15, -0.1) is 5.10 Å². The summed E-state index contributed by atoms with van der Waals surface area (Å²) < 4.78 is 1.46. The van der Waals surface area contributed by atoms with Crippen molar-refractivity contribution in [1.82, 2.24) is 25.5 Å². The van der Waals surface area contributed by atoms with E-state index in [1.807, 2.05) is 36.4 Å². The molecule has 2 heterocycles. The minimum Gasteiger partial charge on any atom is -0.340 e. The Morgan fingerprint density at radius 2 is 1.92 bits per heavy atom. The van der Waals surface area contributed by atoms with Crippen LogP contribution in [0.25, 0.3) is 11.8 Å². The summed E-state index contributed by atoms with van der Waals surface area (Å²) in [6, 6.07) is 19.1. The van der Waals surface area contributed by atoms with Crippen LogP contribution in [0.2, 0.25) is 5.02 Å². The lowest BCUT2D eigenvalue weighted by Gasteiger charge is -2.20. The zero-order valence-corrected chi connectivity index (χ0v) is 21.4. The summed E-state index contributed by atoms with van der Waals surface area (Å²) in [5.74, 6) is -0.847. The fourth-order valence-electron chi connectivity index (χ4n) is 4.27. The molecule has 0 aliphatic carbocycles. The molecular formula is C28H24ClN7O3. The summed E-state index contributed by atoms with van der Waals surface area (Å²) in [7, 11) is 0. The molecule has 1 aromatic heterocycles. The zero-order valence-electron chi connectivity index (χ0n) is 20.7. The smallest absolute Gasteiger partial charge is 0.247 e. The summed E-state index contributed by atoms with van der Waals surface area (Å²) in [5.41, 5.74) is 4.42. The molecule has 196 valence electrons. The molecule has 11 heteroatoms. The number of hydrogen-bond acceptors (Lipinski definition) is 6. The number of carbonyl (C=O) groups excluding carboxylic acids is 3. The first-order chi connectivity index (χ1) is 18.9. The normalized spacial score (nSPS) is 13.4. The van der Waals surface area contributed by atoms with Gasteiger partial charge in [-0.2, -0.15) is 4.68 Å². The lowest BCUT2D eigenvalue weighted by molar-refractivity contribution is -0.123. The quantitative estimate of drug-likeness (QED) is 0.292. The first-order valence-electron chi connectivity index (χ1n) is 12.2. The van der Waals surface area contributed by atoms with Crippen LogP contribution in [0.1, 0.15) is 23.1 Å². The Hall–Kier alpha value is -4.83. The highest BCUT2D eigenvalue weighted by molar-refractivity contribution is 6.30. The van der Waals surface area contributed by atoms with Gasteiger partial charge in [0.15, 0.2) is 0 Å². The average Bonchev–Trinajstić information content (AvgIpc) is 3.47. The van der Waals surface area contributed by atoms with Crippen LogP contribution in [-0.2, 0) is 27.2 Å². The van der Waals surface area contributed by atoms with Gasteiger partial charge in [0.2, 0.25) is 17.7 Å². The Morgan fingerprint density at radius 3 is 2.72 bits per heavy atom. The van der Waals surface area contributed by atoms with Gasteiger partial charge in [-0.3, -0.25) is 14.4 Å². The number of anilines is 2. The molecule has 3 N–H and O–H groups in total. The largest absolute Gasteiger partial charge is 0.340 e. The maximum Gasteiger partial charge on any atom is 0.247 e. The number of nitrogens with zero attached hydrogens (tertiary/aromatic N) is 4. The van der Waals surface area contributed by atoms with Crippen molar-refractivity contribution in [3.8, 4) is 5.69 Å². The highest BCUT2D eigenvalue weighted by atomic mass is 35.5. The summed E-state index contributed by atoms with van der Waals surface area (Å²) in [6.45, 7) is 0. The Bertz CT molecular complexity index is 1540. The second-order valence-corrected chi connectivity index (χ2v) is 9.39. The van der Waals surface area contributed by atoms with Gasteiger partial charge in [0, 0.05) is 40.9 Å². The van der Waals surface area contributed by atoms with Crippen LogP contribution in [0.4, 0.5) is 11.4 Å². The molecule has 3 aromatic carbocycles. The van der Waals surface area contributed by atoms with Gasteiger partial charge < -0.3 is 16.0 Å². The van der Waals surface area contributed by atoms with E-state index in [1.165, 1.54) is 17.1 Å². The number of aromatic nitrogens is 4. The maximum absolute atomic E-state index is 13.3. The molecule has 1 atom stereocenters. The predicted octanol–water partition coefficient (Wildman–Crippen LogP) is 3.58. The Labute approximate surface area is 229 Å². The lowest BCUT2D eigenvalue weighted by Crippen LogP contribution is -2.44. The van der Waals surface area contributed by atoms with Gasteiger partial charge in [0.25, 0.3) is 0 Å². The number of benzene rings is 3. The summed E-state index contributed by atoms with van der Waals surface area (Å²) >= 11 is 6.17. The van der Waals surface area contributed by atoms with Crippen LogP contribution < -0.4 is 16.0 Å². The molecule has 10 nitrogen and oxygen atoms in total. The lowest BCUT2D eigenvalue weighted by atomic mass is 10.0.